The van der Waals surface area contributed by atoms with Gasteiger partial charge in [-0.25, -0.2) is 0 Å². The first-order chi connectivity index (χ1) is 17.7. The van der Waals surface area contributed by atoms with Crippen LogP contribution in [0.4, 0.5) is 0 Å². The van der Waals surface area contributed by atoms with Crippen LogP contribution in [0, 0.1) is 18.8 Å². The molecule has 1 aromatic heterocycles. The van der Waals surface area contributed by atoms with E-state index >= 15 is 0 Å². The molecule has 2 heterocycles. The van der Waals surface area contributed by atoms with E-state index in [2.05, 4.69) is 57.7 Å². The Hall–Kier alpha value is -3.38. The Kier molecular flexibility index (Phi) is 8.18. The lowest BCUT2D eigenvalue weighted by Crippen LogP contribution is -2.38. The first kappa shape index (κ1) is 26.7. The number of ether oxygens (including phenoxy) is 1. The van der Waals surface area contributed by atoms with Gasteiger partial charge < -0.3 is 15.6 Å². The van der Waals surface area contributed by atoms with Crippen LogP contribution < -0.4 is 10.5 Å². The van der Waals surface area contributed by atoms with E-state index < -0.39 is 5.91 Å². The van der Waals surface area contributed by atoms with Gasteiger partial charge in [0, 0.05) is 48.6 Å². The summed E-state index contributed by atoms with van der Waals surface area (Å²) in [4.78, 5) is 19.2. The van der Waals surface area contributed by atoms with Crippen molar-refractivity contribution in [3.63, 3.8) is 0 Å². The van der Waals surface area contributed by atoms with Crippen LogP contribution in [-0.4, -0.2) is 34.0 Å². The summed E-state index contributed by atoms with van der Waals surface area (Å²) in [5.74, 6) is 1.57. The predicted molar refractivity (Wildman–Crippen MR) is 148 cm³/mol. The van der Waals surface area contributed by atoms with Gasteiger partial charge in [0.25, 0.3) is 5.91 Å². The van der Waals surface area contributed by atoms with Crippen molar-refractivity contribution in [1.82, 2.24) is 9.88 Å². The molecular formula is C31H39N3O3. The number of benzene rings is 2. The quantitative estimate of drug-likeness (QED) is 0.380. The Morgan fingerprint density at radius 2 is 1.73 bits per heavy atom. The molecule has 37 heavy (non-hydrogen) atoms. The highest BCUT2D eigenvalue weighted by atomic mass is 16.5. The third-order valence-electron chi connectivity index (χ3n) is 7.33. The molecule has 4 rings (SSSR count). The number of piperidine rings is 1. The number of aromatic hydroxyl groups is 1. The molecule has 2 aromatic carbocycles. The molecule has 6 heteroatoms. The van der Waals surface area contributed by atoms with Gasteiger partial charge in [0.2, 0.25) is 0 Å². The largest absolute Gasteiger partial charge is 0.507 e. The Labute approximate surface area is 220 Å². The summed E-state index contributed by atoms with van der Waals surface area (Å²) in [6, 6.07) is 13.1. The van der Waals surface area contributed by atoms with Crippen molar-refractivity contribution in [3.05, 3.63) is 70.4 Å². The molecule has 0 unspecified atom stereocenters. The van der Waals surface area contributed by atoms with Crippen LogP contribution in [0.5, 0.6) is 17.2 Å². The van der Waals surface area contributed by atoms with Crippen LogP contribution in [0.2, 0.25) is 0 Å². The number of pyridine rings is 1. The van der Waals surface area contributed by atoms with Crippen LogP contribution >= 0.6 is 0 Å². The van der Waals surface area contributed by atoms with E-state index in [0.717, 1.165) is 49.4 Å². The van der Waals surface area contributed by atoms with Gasteiger partial charge in [-0.1, -0.05) is 45.9 Å². The Morgan fingerprint density at radius 1 is 1.08 bits per heavy atom. The zero-order valence-corrected chi connectivity index (χ0v) is 22.7. The second-order valence-electron chi connectivity index (χ2n) is 10.5. The van der Waals surface area contributed by atoms with Crippen LogP contribution in [0.25, 0.3) is 11.3 Å². The summed E-state index contributed by atoms with van der Waals surface area (Å²) in [7, 11) is 0. The maximum Gasteiger partial charge on any atom is 0.252 e. The number of carbonyl (C=O) groups excluding carboxylic acids is 1. The maximum absolute atomic E-state index is 11.6. The fourth-order valence-electron chi connectivity index (χ4n) is 5.71. The summed E-state index contributed by atoms with van der Waals surface area (Å²) in [6.45, 7) is 13.8. The third kappa shape index (κ3) is 5.96. The molecule has 1 fully saturated rings. The Bertz CT molecular complexity index is 1250. The van der Waals surface area contributed by atoms with E-state index in [4.69, 9.17) is 15.5 Å². The van der Waals surface area contributed by atoms with Crippen molar-refractivity contribution < 1.29 is 14.6 Å². The van der Waals surface area contributed by atoms with Crippen molar-refractivity contribution >= 4 is 5.91 Å². The first-order valence-electron chi connectivity index (χ1n) is 13.3. The number of nitrogens with two attached hydrogens (primary N) is 1. The highest BCUT2D eigenvalue weighted by molar-refractivity contribution is 5.95. The van der Waals surface area contributed by atoms with E-state index in [-0.39, 0.29) is 11.3 Å². The minimum absolute atomic E-state index is 0.0694. The standard InChI is InChI=1S/C31H39N3O3/c1-6-22-9-8-10-23(7-2)30(22)27-15-29(37-24-11-12-25(31(32)36)28(35)14-24)26(21(5)33-27)18-34-16-19(3)13-20(4)17-34/h8-12,14-15,19-20,35H,6-7,13,16-18H2,1-5H3,(H2,32,36)/t19-,20-/m1/s1. The van der Waals surface area contributed by atoms with Crippen LogP contribution in [-0.2, 0) is 19.4 Å². The molecule has 0 bridgehead atoms. The summed E-state index contributed by atoms with van der Waals surface area (Å²) in [5.41, 5.74) is 12.0. The van der Waals surface area contributed by atoms with Gasteiger partial charge >= 0.3 is 0 Å². The van der Waals surface area contributed by atoms with Crippen molar-refractivity contribution in [1.29, 1.82) is 0 Å². The van der Waals surface area contributed by atoms with E-state index in [0.29, 0.717) is 23.3 Å². The smallest absolute Gasteiger partial charge is 0.252 e. The topological polar surface area (TPSA) is 88.7 Å². The second kappa shape index (κ2) is 11.3. The van der Waals surface area contributed by atoms with Crippen molar-refractivity contribution in [3.8, 4) is 28.5 Å². The number of hydrogen-bond donors (Lipinski definition) is 2. The van der Waals surface area contributed by atoms with E-state index in [1.165, 1.54) is 35.2 Å². The number of amides is 1. The number of rotatable bonds is 8. The van der Waals surface area contributed by atoms with Crippen LogP contribution in [0.1, 0.15) is 66.9 Å². The average molecular weight is 502 g/mol. The van der Waals surface area contributed by atoms with Crippen molar-refractivity contribution in [2.45, 2.75) is 60.4 Å². The van der Waals surface area contributed by atoms with E-state index in [9.17, 15) is 9.90 Å². The monoisotopic (exact) mass is 501 g/mol. The summed E-state index contributed by atoms with van der Waals surface area (Å²) < 4.78 is 6.43. The minimum atomic E-state index is -0.677. The van der Waals surface area contributed by atoms with E-state index in [1.807, 2.05) is 6.07 Å². The SMILES string of the molecule is CCc1cccc(CC)c1-c1cc(Oc2ccc(C(N)=O)c(O)c2)c(CN2C[C@H](C)C[C@@H](C)C2)c(C)n1. The number of nitrogens with zero attached hydrogens (tertiary/aromatic N) is 2. The molecule has 0 spiro atoms. The summed E-state index contributed by atoms with van der Waals surface area (Å²) in [5, 5.41) is 10.4. The zero-order chi connectivity index (χ0) is 26.7. The van der Waals surface area contributed by atoms with Gasteiger partial charge in [-0.15, -0.1) is 0 Å². The number of carbonyl (C=O) groups is 1. The van der Waals surface area contributed by atoms with Gasteiger partial charge in [-0.2, -0.15) is 0 Å². The molecule has 1 aliphatic heterocycles. The molecule has 3 N–H and O–H groups in total. The Balaban J connectivity index is 1.81. The molecule has 196 valence electrons. The lowest BCUT2D eigenvalue weighted by molar-refractivity contribution is 0.0997. The zero-order valence-electron chi connectivity index (χ0n) is 22.7. The summed E-state index contributed by atoms with van der Waals surface area (Å²) >= 11 is 0. The minimum Gasteiger partial charge on any atom is -0.507 e. The molecule has 0 radical (unpaired) electrons. The number of phenols is 1. The molecule has 0 saturated carbocycles. The fraction of sp³-hybridized carbons (Fsp3) is 0.419. The predicted octanol–water partition coefficient (Wildman–Crippen LogP) is 6.26. The number of primary amides is 1. The molecule has 6 nitrogen and oxygen atoms in total. The number of hydrogen-bond acceptors (Lipinski definition) is 5. The summed E-state index contributed by atoms with van der Waals surface area (Å²) in [6.07, 6.45) is 3.07. The van der Waals surface area contributed by atoms with Gasteiger partial charge in [-0.05, 0) is 61.3 Å². The van der Waals surface area contributed by atoms with Gasteiger partial charge in [-0.3, -0.25) is 14.7 Å². The molecular weight excluding hydrogens is 462 g/mol. The lowest BCUT2D eigenvalue weighted by Gasteiger charge is -2.35. The van der Waals surface area contributed by atoms with Gasteiger partial charge in [0.15, 0.2) is 0 Å². The van der Waals surface area contributed by atoms with Crippen molar-refractivity contribution in [2.75, 3.05) is 13.1 Å². The average Bonchev–Trinajstić information content (AvgIpc) is 2.84. The molecule has 2 atom stereocenters. The maximum atomic E-state index is 11.6. The molecule has 0 aliphatic carbocycles. The normalized spacial score (nSPS) is 18.1. The highest BCUT2D eigenvalue weighted by Gasteiger charge is 2.25. The van der Waals surface area contributed by atoms with Gasteiger partial charge in [0.05, 0.1) is 11.3 Å². The van der Waals surface area contributed by atoms with E-state index in [1.54, 1.807) is 6.07 Å². The number of aromatic nitrogens is 1. The third-order valence-corrected chi connectivity index (χ3v) is 7.33. The van der Waals surface area contributed by atoms with Gasteiger partial charge in [0.1, 0.15) is 17.2 Å². The molecule has 1 saturated heterocycles. The first-order valence-corrected chi connectivity index (χ1v) is 13.3. The second-order valence-corrected chi connectivity index (χ2v) is 10.5. The lowest BCUT2D eigenvalue weighted by atomic mass is 9.91. The molecule has 1 aliphatic rings. The van der Waals surface area contributed by atoms with Crippen LogP contribution in [0.15, 0.2) is 42.5 Å². The molecule has 1 amide bonds. The fourth-order valence-corrected chi connectivity index (χ4v) is 5.71. The number of aryl methyl sites for hydroxylation is 3. The highest BCUT2D eigenvalue weighted by Crippen LogP contribution is 2.37. The van der Waals surface area contributed by atoms with Crippen molar-refractivity contribution in [2.24, 2.45) is 17.6 Å². The molecule has 3 aromatic rings. The Morgan fingerprint density at radius 3 is 2.30 bits per heavy atom. The van der Waals surface area contributed by atoms with Crippen LogP contribution in [0.3, 0.4) is 0 Å². The number of likely N-dealkylation sites (tertiary alicyclic amines) is 1.